The fraction of sp³-hybridized carbons (Fsp3) is 0.400. The molecule has 5 nitrogen and oxygen atoms in total. The van der Waals surface area contributed by atoms with Crippen molar-refractivity contribution in [2.45, 2.75) is 56.8 Å². The van der Waals surface area contributed by atoms with Gasteiger partial charge in [-0.1, -0.05) is 66.7 Å². The first-order chi connectivity index (χ1) is 14.6. The minimum Gasteiger partial charge on any atom is -0.439 e. The largest absolute Gasteiger partial charge is 0.439 e. The SMILES string of the molecule is C=CC[C@@H]1C[C@H](N2C(=O)O[C@H](c3ccccc3)[C@@H]2c2ccccc2)[C@@](C)(OCC)O1. The van der Waals surface area contributed by atoms with Gasteiger partial charge in [-0.2, -0.15) is 0 Å². The fourth-order valence-electron chi connectivity index (χ4n) is 4.73. The molecule has 2 saturated heterocycles. The van der Waals surface area contributed by atoms with Gasteiger partial charge in [-0.05, 0) is 37.8 Å². The molecular formula is C25H29NO4. The quantitative estimate of drug-likeness (QED) is 0.576. The Labute approximate surface area is 178 Å². The molecule has 2 aliphatic rings. The molecule has 2 aromatic rings. The predicted molar refractivity (Wildman–Crippen MR) is 115 cm³/mol. The maximum absolute atomic E-state index is 13.3. The summed E-state index contributed by atoms with van der Waals surface area (Å²) in [7, 11) is 0. The second kappa shape index (κ2) is 8.62. The summed E-state index contributed by atoms with van der Waals surface area (Å²) < 4.78 is 18.3. The molecule has 2 aromatic carbocycles. The van der Waals surface area contributed by atoms with Gasteiger partial charge in [-0.3, -0.25) is 4.90 Å². The summed E-state index contributed by atoms with van der Waals surface area (Å²) in [5.41, 5.74) is 2.00. The van der Waals surface area contributed by atoms with Crippen LogP contribution in [-0.4, -0.2) is 35.5 Å². The minimum atomic E-state index is -0.903. The zero-order valence-corrected chi connectivity index (χ0v) is 17.6. The van der Waals surface area contributed by atoms with Gasteiger partial charge in [0.15, 0.2) is 11.9 Å². The van der Waals surface area contributed by atoms with Crippen LogP contribution in [-0.2, 0) is 14.2 Å². The minimum absolute atomic E-state index is 0.0518. The van der Waals surface area contributed by atoms with E-state index in [0.29, 0.717) is 19.4 Å². The maximum Gasteiger partial charge on any atom is 0.411 e. The third kappa shape index (κ3) is 3.75. The van der Waals surface area contributed by atoms with Crippen molar-refractivity contribution < 1.29 is 19.0 Å². The Kier molecular flexibility index (Phi) is 5.93. The van der Waals surface area contributed by atoms with E-state index in [2.05, 4.69) is 6.58 Å². The van der Waals surface area contributed by atoms with Crippen molar-refractivity contribution in [3.8, 4) is 0 Å². The van der Waals surface area contributed by atoms with Crippen molar-refractivity contribution in [2.75, 3.05) is 6.61 Å². The van der Waals surface area contributed by atoms with Crippen LogP contribution in [0.15, 0.2) is 73.3 Å². The number of benzene rings is 2. The second-order valence-corrected chi connectivity index (χ2v) is 7.94. The van der Waals surface area contributed by atoms with Crippen molar-refractivity contribution in [1.82, 2.24) is 4.90 Å². The Bertz CT molecular complexity index is 871. The van der Waals surface area contributed by atoms with Crippen LogP contribution in [0.5, 0.6) is 0 Å². The van der Waals surface area contributed by atoms with Crippen LogP contribution in [0.2, 0.25) is 0 Å². The summed E-state index contributed by atoms with van der Waals surface area (Å²) >= 11 is 0. The zero-order chi connectivity index (χ0) is 21.1. The van der Waals surface area contributed by atoms with E-state index in [1.807, 2.05) is 85.5 Å². The highest BCUT2D eigenvalue weighted by Crippen LogP contribution is 2.49. The summed E-state index contributed by atoms with van der Waals surface area (Å²) in [4.78, 5) is 15.1. The van der Waals surface area contributed by atoms with Crippen LogP contribution in [0.4, 0.5) is 4.79 Å². The molecular weight excluding hydrogens is 378 g/mol. The lowest BCUT2D eigenvalue weighted by Gasteiger charge is -2.38. The van der Waals surface area contributed by atoms with E-state index in [1.54, 1.807) is 0 Å². The Morgan fingerprint density at radius 2 is 1.77 bits per heavy atom. The van der Waals surface area contributed by atoms with E-state index < -0.39 is 11.9 Å². The highest BCUT2D eigenvalue weighted by atomic mass is 16.7. The van der Waals surface area contributed by atoms with Crippen LogP contribution < -0.4 is 0 Å². The Morgan fingerprint density at radius 3 is 2.37 bits per heavy atom. The molecule has 5 heteroatoms. The Morgan fingerprint density at radius 1 is 1.13 bits per heavy atom. The van der Waals surface area contributed by atoms with Crippen molar-refractivity contribution in [3.63, 3.8) is 0 Å². The molecule has 0 unspecified atom stereocenters. The zero-order valence-electron chi connectivity index (χ0n) is 17.6. The topological polar surface area (TPSA) is 48.0 Å². The lowest BCUT2D eigenvalue weighted by atomic mass is 9.92. The highest BCUT2D eigenvalue weighted by molar-refractivity contribution is 5.72. The van der Waals surface area contributed by atoms with Crippen molar-refractivity contribution in [1.29, 1.82) is 0 Å². The summed E-state index contributed by atoms with van der Waals surface area (Å²) in [5, 5.41) is 0. The lowest BCUT2D eigenvalue weighted by molar-refractivity contribution is -0.231. The van der Waals surface area contributed by atoms with Gasteiger partial charge >= 0.3 is 6.09 Å². The summed E-state index contributed by atoms with van der Waals surface area (Å²) in [6.45, 7) is 8.21. The van der Waals surface area contributed by atoms with E-state index >= 15 is 0 Å². The molecule has 0 spiro atoms. The van der Waals surface area contributed by atoms with Gasteiger partial charge in [-0.15, -0.1) is 6.58 Å². The van der Waals surface area contributed by atoms with Gasteiger partial charge in [0.2, 0.25) is 0 Å². The number of hydrogen-bond donors (Lipinski definition) is 0. The molecule has 2 heterocycles. The average molecular weight is 408 g/mol. The second-order valence-electron chi connectivity index (χ2n) is 7.94. The molecule has 2 fully saturated rings. The number of nitrogens with zero attached hydrogens (tertiary/aromatic N) is 1. The molecule has 0 N–H and O–H groups in total. The lowest BCUT2D eigenvalue weighted by Crippen LogP contribution is -2.51. The molecule has 0 aliphatic carbocycles. The molecule has 0 bridgehead atoms. The molecule has 0 aromatic heterocycles. The van der Waals surface area contributed by atoms with Gasteiger partial charge < -0.3 is 14.2 Å². The summed E-state index contributed by atoms with van der Waals surface area (Å²) in [6.07, 6.45) is 2.44. The molecule has 4 rings (SSSR count). The Hall–Kier alpha value is -2.63. The summed E-state index contributed by atoms with van der Waals surface area (Å²) in [6, 6.07) is 19.4. The summed E-state index contributed by atoms with van der Waals surface area (Å²) in [5.74, 6) is -0.903. The molecule has 5 atom stereocenters. The number of ether oxygens (including phenoxy) is 3. The van der Waals surface area contributed by atoms with E-state index in [4.69, 9.17) is 14.2 Å². The van der Waals surface area contributed by atoms with E-state index in [9.17, 15) is 4.79 Å². The molecule has 0 saturated carbocycles. The first-order valence-electron chi connectivity index (χ1n) is 10.6. The number of cyclic esters (lactones) is 1. The average Bonchev–Trinajstić information content (AvgIpc) is 3.26. The van der Waals surface area contributed by atoms with Crippen molar-refractivity contribution >= 4 is 6.09 Å². The third-order valence-corrected chi connectivity index (χ3v) is 5.98. The smallest absolute Gasteiger partial charge is 0.411 e. The van der Waals surface area contributed by atoms with Gasteiger partial charge in [0, 0.05) is 6.61 Å². The van der Waals surface area contributed by atoms with E-state index in [-0.39, 0.29) is 24.3 Å². The first-order valence-corrected chi connectivity index (χ1v) is 10.6. The number of carbonyl (C=O) groups excluding carboxylic acids is 1. The molecule has 2 aliphatic heterocycles. The monoisotopic (exact) mass is 407 g/mol. The third-order valence-electron chi connectivity index (χ3n) is 5.98. The standard InChI is InChI=1S/C25H29NO4/c1-4-12-20-17-21(25(3,30-20)28-5-2)26-22(18-13-8-6-9-14-18)23(29-24(26)27)19-15-10-7-11-16-19/h4,6-11,13-16,20-23H,1,5,12,17H2,2-3H3/t20-,21+,22+,23-,25+/m1/s1. The Balaban J connectivity index is 1.76. The molecule has 1 amide bonds. The van der Waals surface area contributed by atoms with Gasteiger partial charge in [0.05, 0.1) is 12.1 Å². The van der Waals surface area contributed by atoms with E-state index in [0.717, 1.165) is 11.1 Å². The van der Waals surface area contributed by atoms with E-state index in [1.165, 1.54) is 0 Å². The van der Waals surface area contributed by atoms with Crippen LogP contribution in [0.3, 0.4) is 0 Å². The van der Waals surface area contributed by atoms with Crippen LogP contribution >= 0.6 is 0 Å². The number of hydrogen-bond acceptors (Lipinski definition) is 4. The molecule has 0 radical (unpaired) electrons. The molecule has 158 valence electrons. The number of rotatable bonds is 7. The maximum atomic E-state index is 13.3. The fourth-order valence-corrected chi connectivity index (χ4v) is 4.73. The van der Waals surface area contributed by atoms with Crippen LogP contribution in [0, 0.1) is 0 Å². The predicted octanol–water partition coefficient (Wildman–Crippen LogP) is 5.41. The highest BCUT2D eigenvalue weighted by Gasteiger charge is 2.56. The van der Waals surface area contributed by atoms with Crippen LogP contribution in [0.25, 0.3) is 0 Å². The number of amides is 1. The van der Waals surface area contributed by atoms with Gasteiger partial charge in [0.1, 0.15) is 6.04 Å². The first kappa shape index (κ1) is 20.6. The molecule has 30 heavy (non-hydrogen) atoms. The van der Waals surface area contributed by atoms with Crippen molar-refractivity contribution in [2.24, 2.45) is 0 Å². The van der Waals surface area contributed by atoms with Crippen LogP contribution in [0.1, 0.15) is 50.0 Å². The normalized spacial score (nSPS) is 31.0. The number of carbonyl (C=O) groups is 1. The van der Waals surface area contributed by atoms with Gasteiger partial charge in [-0.25, -0.2) is 4.79 Å². The van der Waals surface area contributed by atoms with Crippen molar-refractivity contribution in [3.05, 3.63) is 84.4 Å². The van der Waals surface area contributed by atoms with Gasteiger partial charge in [0.25, 0.3) is 0 Å².